The average molecular weight is 437 g/mol. The molecule has 0 atom stereocenters. The van der Waals surface area contributed by atoms with Crippen molar-refractivity contribution in [2.24, 2.45) is 10.7 Å². The first-order valence-corrected chi connectivity index (χ1v) is 7.47. The van der Waals surface area contributed by atoms with E-state index in [1.807, 2.05) is 25.1 Å². The maximum Gasteiger partial charge on any atom is 0.188 e. The second-order valence-electron chi connectivity index (χ2n) is 4.56. The molecular formula is C14H18ClIN4S. The van der Waals surface area contributed by atoms with Gasteiger partial charge in [0.05, 0.1) is 21.8 Å². The monoisotopic (exact) mass is 436 g/mol. The Morgan fingerprint density at radius 1 is 1.52 bits per heavy atom. The molecule has 0 radical (unpaired) electrons. The van der Waals surface area contributed by atoms with Crippen LogP contribution in [0.2, 0.25) is 5.02 Å². The van der Waals surface area contributed by atoms with Crippen molar-refractivity contribution in [2.75, 3.05) is 13.1 Å². The molecule has 7 heteroatoms. The number of halogens is 2. The van der Waals surface area contributed by atoms with E-state index in [0.29, 0.717) is 24.1 Å². The van der Waals surface area contributed by atoms with Crippen molar-refractivity contribution in [2.45, 2.75) is 13.3 Å². The Kier molecular flexibility index (Phi) is 7.41. The number of thiazole rings is 1. The molecule has 114 valence electrons. The molecule has 0 amide bonds. The van der Waals surface area contributed by atoms with E-state index in [9.17, 15) is 0 Å². The molecule has 21 heavy (non-hydrogen) atoms. The van der Waals surface area contributed by atoms with E-state index in [1.54, 1.807) is 11.3 Å². The van der Waals surface area contributed by atoms with E-state index < -0.39 is 0 Å². The van der Waals surface area contributed by atoms with Crippen molar-refractivity contribution in [1.82, 2.24) is 10.3 Å². The molecule has 0 saturated carbocycles. The van der Waals surface area contributed by atoms with Gasteiger partial charge in [-0.2, -0.15) is 0 Å². The minimum Gasteiger partial charge on any atom is -0.370 e. The topological polar surface area (TPSA) is 63.3 Å². The van der Waals surface area contributed by atoms with E-state index in [-0.39, 0.29) is 24.0 Å². The third kappa shape index (κ3) is 5.80. The number of aromatic nitrogens is 1. The normalized spacial score (nSPS) is 11.2. The largest absolute Gasteiger partial charge is 0.370 e. The molecule has 1 aromatic heterocycles. The van der Waals surface area contributed by atoms with Gasteiger partial charge in [0, 0.05) is 18.0 Å². The highest BCUT2D eigenvalue weighted by molar-refractivity contribution is 14.0. The molecule has 0 unspecified atom stereocenters. The Labute approximate surface area is 150 Å². The van der Waals surface area contributed by atoms with Crippen LogP contribution in [0.15, 0.2) is 35.3 Å². The van der Waals surface area contributed by atoms with E-state index in [4.69, 9.17) is 17.3 Å². The highest BCUT2D eigenvalue weighted by Crippen LogP contribution is 2.24. The summed E-state index contributed by atoms with van der Waals surface area (Å²) in [5.74, 6) is 0.442. The zero-order chi connectivity index (χ0) is 14.5. The summed E-state index contributed by atoms with van der Waals surface area (Å²) in [4.78, 5) is 8.70. The maximum atomic E-state index is 5.95. The highest BCUT2D eigenvalue weighted by Gasteiger charge is 2.04. The van der Waals surface area contributed by atoms with Crippen molar-refractivity contribution in [3.63, 3.8) is 0 Å². The van der Waals surface area contributed by atoms with Crippen LogP contribution in [0.25, 0.3) is 10.2 Å². The summed E-state index contributed by atoms with van der Waals surface area (Å²) in [7, 11) is 0. The predicted octanol–water partition coefficient (Wildman–Crippen LogP) is 3.59. The van der Waals surface area contributed by atoms with E-state index in [1.165, 1.54) is 0 Å². The Bertz CT molecular complexity index is 653. The number of aliphatic imine (C=N–C) groups is 1. The van der Waals surface area contributed by atoms with Gasteiger partial charge in [-0.05, 0) is 25.1 Å². The third-order valence-electron chi connectivity index (χ3n) is 2.56. The van der Waals surface area contributed by atoms with E-state index >= 15 is 0 Å². The summed E-state index contributed by atoms with van der Waals surface area (Å²) in [6.07, 6.45) is 0.806. The van der Waals surface area contributed by atoms with E-state index in [2.05, 4.69) is 21.9 Å². The van der Waals surface area contributed by atoms with Crippen molar-refractivity contribution in [3.8, 4) is 0 Å². The lowest BCUT2D eigenvalue weighted by Gasteiger charge is -2.03. The van der Waals surface area contributed by atoms with Gasteiger partial charge in [0.25, 0.3) is 0 Å². The van der Waals surface area contributed by atoms with Crippen molar-refractivity contribution in [1.29, 1.82) is 0 Å². The SMILES string of the molecule is C=C(C)CN=C(N)NCCc1nc2cc(Cl)ccc2s1.I. The first-order chi connectivity index (χ1) is 9.54. The molecule has 2 aromatic rings. The Morgan fingerprint density at radius 3 is 3.00 bits per heavy atom. The number of nitrogens with zero attached hydrogens (tertiary/aromatic N) is 2. The Hall–Kier alpha value is -0.860. The van der Waals surface area contributed by atoms with Crippen LogP contribution in [0.1, 0.15) is 11.9 Å². The van der Waals surface area contributed by atoms with Gasteiger partial charge in [-0.1, -0.05) is 23.8 Å². The van der Waals surface area contributed by atoms with Crippen molar-refractivity contribution >= 4 is 63.1 Å². The van der Waals surface area contributed by atoms with Crippen molar-refractivity contribution < 1.29 is 0 Å². The average Bonchev–Trinajstić information content (AvgIpc) is 2.78. The standard InChI is InChI=1S/C14H17ClN4S.HI/c1-9(2)8-18-14(16)17-6-5-13-19-11-7-10(15)3-4-12(11)20-13;/h3-4,7H,1,5-6,8H2,2H3,(H3,16,17,18);1H. The molecule has 0 bridgehead atoms. The molecule has 0 aliphatic carbocycles. The van der Waals surface area contributed by atoms with Crippen LogP contribution in [-0.4, -0.2) is 24.0 Å². The minimum atomic E-state index is 0. The zero-order valence-corrected chi connectivity index (χ0v) is 15.6. The molecule has 1 aromatic carbocycles. The van der Waals surface area contributed by atoms with Crippen LogP contribution >= 0.6 is 46.9 Å². The lowest BCUT2D eigenvalue weighted by Crippen LogP contribution is -2.33. The zero-order valence-electron chi connectivity index (χ0n) is 11.7. The van der Waals surface area contributed by atoms with Gasteiger partial charge < -0.3 is 11.1 Å². The summed E-state index contributed by atoms with van der Waals surface area (Å²) in [5, 5.41) is 4.84. The number of nitrogens with two attached hydrogens (primary N) is 1. The Balaban J connectivity index is 0.00000220. The molecule has 3 N–H and O–H groups in total. The number of benzene rings is 1. The summed E-state index contributed by atoms with van der Waals surface area (Å²) < 4.78 is 1.15. The molecule has 0 aliphatic heterocycles. The molecule has 4 nitrogen and oxygen atoms in total. The van der Waals surface area contributed by atoms with Gasteiger partial charge in [-0.25, -0.2) is 9.98 Å². The number of hydrogen-bond acceptors (Lipinski definition) is 3. The van der Waals surface area contributed by atoms with Gasteiger partial charge in [0.1, 0.15) is 0 Å². The smallest absolute Gasteiger partial charge is 0.188 e. The van der Waals surface area contributed by atoms with Crippen LogP contribution in [0.3, 0.4) is 0 Å². The second kappa shape index (κ2) is 8.55. The van der Waals surface area contributed by atoms with Crippen LogP contribution in [0.5, 0.6) is 0 Å². The van der Waals surface area contributed by atoms with E-state index in [0.717, 1.165) is 27.2 Å². The fourth-order valence-corrected chi connectivity index (χ4v) is 2.74. The molecule has 0 saturated heterocycles. The molecule has 2 rings (SSSR count). The van der Waals surface area contributed by atoms with Crippen LogP contribution in [0.4, 0.5) is 0 Å². The van der Waals surface area contributed by atoms with Gasteiger partial charge >= 0.3 is 0 Å². The van der Waals surface area contributed by atoms with Gasteiger partial charge in [0.2, 0.25) is 0 Å². The molecule has 0 fully saturated rings. The van der Waals surface area contributed by atoms with Crippen LogP contribution in [0, 0.1) is 0 Å². The van der Waals surface area contributed by atoms with Crippen LogP contribution < -0.4 is 11.1 Å². The highest BCUT2D eigenvalue weighted by atomic mass is 127. The Morgan fingerprint density at radius 2 is 2.29 bits per heavy atom. The molecule has 0 aliphatic rings. The summed E-state index contributed by atoms with van der Waals surface area (Å²) in [6.45, 7) is 6.96. The third-order valence-corrected chi connectivity index (χ3v) is 3.89. The fourth-order valence-electron chi connectivity index (χ4n) is 1.63. The molecule has 1 heterocycles. The van der Waals surface area contributed by atoms with Gasteiger partial charge in [-0.15, -0.1) is 35.3 Å². The number of guanidine groups is 1. The predicted molar refractivity (Wildman–Crippen MR) is 103 cm³/mol. The maximum absolute atomic E-state index is 5.95. The fraction of sp³-hybridized carbons (Fsp3) is 0.286. The lowest BCUT2D eigenvalue weighted by atomic mass is 10.3. The minimum absolute atomic E-state index is 0. The van der Waals surface area contributed by atoms with Gasteiger partial charge in [-0.3, -0.25) is 0 Å². The number of fused-ring (bicyclic) bond motifs is 1. The lowest BCUT2D eigenvalue weighted by molar-refractivity contribution is 0.848. The molecular weight excluding hydrogens is 419 g/mol. The number of hydrogen-bond donors (Lipinski definition) is 2. The summed E-state index contributed by atoms with van der Waals surface area (Å²) in [5.41, 5.74) is 7.67. The first kappa shape index (κ1) is 18.2. The number of rotatable bonds is 5. The summed E-state index contributed by atoms with van der Waals surface area (Å²) >= 11 is 7.62. The quantitative estimate of drug-likeness (QED) is 0.326. The van der Waals surface area contributed by atoms with Crippen LogP contribution in [-0.2, 0) is 6.42 Å². The molecule has 0 spiro atoms. The summed E-state index contributed by atoms with van der Waals surface area (Å²) in [6, 6.07) is 5.76. The second-order valence-corrected chi connectivity index (χ2v) is 6.11. The van der Waals surface area contributed by atoms with Crippen molar-refractivity contribution in [3.05, 3.63) is 40.4 Å². The first-order valence-electron chi connectivity index (χ1n) is 6.28. The number of nitrogens with one attached hydrogen (secondary N) is 1. The van der Waals surface area contributed by atoms with Gasteiger partial charge in [0.15, 0.2) is 5.96 Å².